The van der Waals surface area contributed by atoms with Gasteiger partial charge in [-0.05, 0) is 86.2 Å². The van der Waals surface area contributed by atoms with E-state index < -0.39 is 17.3 Å². The Morgan fingerprint density at radius 1 is 1.07 bits per heavy atom. The van der Waals surface area contributed by atoms with Gasteiger partial charge in [-0.2, -0.15) is 0 Å². The fraction of sp³-hybridized carbons (Fsp3) is 0.774. The van der Waals surface area contributed by atoms with Crippen molar-refractivity contribution in [2.75, 3.05) is 32.7 Å². The quantitative estimate of drug-likeness (QED) is 0.423. The number of fused-ring (bicyclic) bond motifs is 5. The van der Waals surface area contributed by atoms with Crippen LogP contribution in [0, 0.1) is 22.7 Å². The molecule has 4 aliphatic carbocycles. The van der Waals surface area contributed by atoms with Crippen molar-refractivity contribution in [3.8, 4) is 0 Å². The highest BCUT2D eigenvalue weighted by atomic mass is 16.6. The van der Waals surface area contributed by atoms with Gasteiger partial charge in [0, 0.05) is 44.1 Å². The van der Waals surface area contributed by atoms with E-state index in [0.717, 1.165) is 44.2 Å². The molecule has 2 heterocycles. The van der Waals surface area contributed by atoms with E-state index in [0.29, 0.717) is 51.9 Å². The molecule has 0 bridgehead atoms. The van der Waals surface area contributed by atoms with Gasteiger partial charge in [0.2, 0.25) is 5.91 Å². The summed E-state index contributed by atoms with van der Waals surface area (Å²) < 4.78 is 11.0. The average molecular weight is 572 g/mol. The molecule has 10 heteroatoms. The van der Waals surface area contributed by atoms with Crippen molar-refractivity contribution in [3.05, 3.63) is 34.4 Å². The van der Waals surface area contributed by atoms with Crippen LogP contribution in [0.4, 0.5) is 4.79 Å². The molecule has 0 radical (unpaired) electrons. The lowest BCUT2D eigenvalue weighted by molar-refractivity contribution is -0.253. The first-order chi connectivity index (χ1) is 19.5. The first-order valence-electron chi connectivity index (χ1n) is 15.4. The van der Waals surface area contributed by atoms with Gasteiger partial charge in [0.15, 0.2) is 0 Å². The standard InChI is InChI=1S/C31H45N3O7/c1-28-9-5-21(41-27(37)33-14-16-34-15-13-32-25(35)18-34)17-30(28,38)11-7-24-23(28)6-10-29(2)22(8-12-31(24,29)39)20-3-4-26(36)40-19-20/h3-4,19,21-24,38-39H,5-18H2,1-2H3,(H,32,35)(H,33,37)/t21-,22+,23-,24+,28+,29+,30-,31-/m0/s1. The minimum Gasteiger partial charge on any atom is -0.446 e. The minimum absolute atomic E-state index is 0.000524. The van der Waals surface area contributed by atoms with Crippen LogP contribution in [0.25, 0.3) is 0 Å². The van der Waals surface area contributed by atoms with Crippen LogP contribution in [0.5, 0.6) is 0 Å². The van der Waals surface area contributed by atoms with Crippen LogP contribution >= 0.6 is 0 Å². The second-order valence-electron chi connectivity index (χ2n) is 13.9. The van der Waals surface area contributed by atoms with Crippen molar-refractivity contribution in [2.24, 2.45) is 22.7 Å². The molecule has 41 heavy (non-hydrogen) atoms. The second kappa shape index (κ2) is 10.4. The van der Waals surface area contributed by atoms with Crippen LogP contribution in [-0.2, 0) is 9.53 Å². The number of ether oxygens (including phenoxy) is 1. The van der Waals surface area contributed by atoms with E-state index in [-0.39, 0.29) is 46.2 Å². The van der Waals surface area contributed by atoms with Crippen molar-refractivity contribution < 1.29 is 29.0 Å². The number of hydrogen-bond donors (Lipinski definition) is 4. The molecule has 8 atom stereocenters. The molecule has 4 N–H and O–H groups in total. The number of carbonyl (C=O) groups is 2. The van der Waals surface area contributed by atoms with Gasteiger partial charge in [-0.25, -0.2) is 9.59 Å². The highest BCUT2D eigenvalue weighted by molar-refractivity contribution is 5.78. The van der Waals surface area contributed by atoms with Crippen LogP contribution in [0.3, 0.4) is 0 Å². The lowest BCUT2D eigenvalue weighted by Gasteiger charge is -2.66. The Bertz CT molecular complexity index is 1220. The summed E-state index contributed by atoms with van der Waals surface area (Å²) in [7, 11) is 0. The van der Waals surface area contributed by atoms with Crippen LogP contribution in [-0.4, -0.2) is 77.1 Å². The molecule has 10 nitrogen and oxygen atoms in total. The van der Waals surface area contributed by atoms with E-state index in [4.69, 9.17) is 9.15 Å². The molecule has 1 saturated heterocycles. The van der Waals surface area contributed by atoms with E-state index >= 15 is 0 Å². The maximum atomic E-state index is 12.6. The van der Waals surface area contributed by atoms with E-state index in [9.17, 15) is 24.6 Å². The average Bonchev–Trinajstić information content (AvgIpc) is 3.21. The van der Waals surface area contributed by atoms with Crippen molar-refractivity contribution in [3.63, 3.8) is 0 Å². The summed E-state index contributed by atoms with van der Waals surface area (Å²) in [5.41, 5.74) is -1.86. The van der Waals surface area contributed by atoms with Gasteiger partial charge in [-0.3, -0.25) is 9.69 Å². The summed E-state index contributed by atoms with van der Waals surface area (Å²) in [6.07, 6.45) is 7.21. The molecule has 4 saturated carbocycles. The summed E-state index contributed by atoms with van der Waals surface area (Å²) in [6.45, 7) is 7.11. The third-order valence-corrected chi connectivity index (χ3v) is 12.2. The number of alkyl carbamates (subject to hydrolysis) is 1. The number of rotatable bonds is 5. The smallest absolute Gasteiger partial charge is 0.407 e. The summed E-state index contributed by atoms with van der Waals surface area (Å²) in [5, 5.41) is 30.1. The largest absolute Gasteiger partial charge is 0.446 e. The molecule has 1 aliphatic heterocycles. The molecule has 5 aliphatic rings. The summed E-state index contributed by atoms with van der Waals surface area (Å²) >= 11 is 0. The number of nitrogens with one attached hydrogen (secondary N) is 2. The predicted octanol–water partition coefficient (Wildman–Crippen LogP) is 2.52. The number of aliphatic hydroxyl groups is 2. The Hall–Kier alpha value is -2.43. The highest BCUT2D eigenvalue weighted by Crippen LogP contribution is 2.71. The van der Waals surface area contributed by atoms with Gasteiger partial charge in [0.1, 0.15) is 6.10 Å². The number of piperazine rings is 1. The van der Waals surface area contributed by atoms with Crippen LogP contribution in [0.2, 0.25) is 0 Å². The molecule has 5 fully saturated rings. The predicted molar refractivity (Wildman–Crippen MR) is 150 cm³/mol. The molecule has 2 amide bonds. The monoisotopic (exact) mass is 571 g/mol. The Morgan fingerprint density at radius 3 is 2.61 bits per heavy atom. The molecule has 226 valence electrons. The maximum absolute atomic E-state index is 12.6. The Morgan fingerprint density at radius 2 is 1.85 bits per heavy atom. The Kier molecular flexibility index (Phi) is 7.26. The van der Waals surface area contributed by atoms with Crippen molar-refractivity contribution in [2.45, 2.75) is 94.9 Å². The zero-order valence-corrected chi connectivity index (χ0v) is 24.3. The number of nitrogens with zero attached hydrogens (tertiary/aromatic N) is 1. The van der Waals surface area contributed by atoms with Gasteiger partial charge in [0.05, 0.1) is 24.0 Å². The van der Waals surface area contributed by atoms with Gasteiger partial charge in [0.25, 0.3) is 0 Å². The van der Waals surface area contributed by atoms with Gasteiger partial charge >= 0.3 is 11.7 Å². The molecule has 0 aromatic carbocycles. The fourth-order valence-electron chi connectivity index (χ4n) is 9.77. The number of carbonyl (C=O) groups excluding carboxylic acids is 2. The van der Waals surface area contributed by atoms with Gasteiger partial charge < -0.3 is 30.0 Å². The molecule has 1 aromatic heterocycles. The molecule has 0 unspecified atom stereocenters. The molecule has 6 rings (SSSR count). The maximum Gasteiger partial charge on any atom is 0.407 e. The lowest BCUT2D eigenvalue weighted by atomic mass is 9.42. The minimum atomic E-state index is -0.955. The first kappa shape index (κ1) is 28.7. The van der Waals surface area contributed by atoms with E-state index in [1.807, 2.05) is 11.0 Å². The van der Waals surface area contributed by atoms with E-state index in [1.54, 1.807) is 6.26 Å². The fourth-order valence-corrected chi connectivity index (χ4v) is 9.77. The number of hydrogen-bond acceptors (Lipinski definition) is 8. The van der Waals surface area contributed by atoms with Gasteiger partial charge in [-0.1, -0.05) is 13.8 Å². The van der Waals surface area contributed by atoms with E-state index in [1.165, 1.54) is 6.07 Å². The number of amides is 2. The van der Waals surface area contributed by atoms with Crippen LogP contribution in [0.1, 0.15) is 83.1 Å². The van der Waals surface area contributed by atoms with Crippen LogP contribution in [0.15, 0.2) is 27.6 Å². The third-order valence-electron chi connectivity index (χ3n) is 12.2. The zero-order valence-electron chi connectivity index (χ0n) is 24.3. The summed E-state index contributed by atoms with van der Waals surface area (Å²) in [5.74, 6) is 0.398. The molecule has 1 aromatic rings. The van der Waals surface area contributed by atoms with Crippen molar-refractivity contribution in [1.82, 2.24) is 15.5 Å². The highest BCUT2D eigenvalue weighted by Gasteiger charge is 2.70. The van der Waals surface area contributed by atoms with Crippen molar-refractivity contribution in [1.29, 1.82) is 0 Å². The Balaban J connectivity index is 1.09. The summed E-state index contributed by atoms with van der Waals surface area (Å²) in [4.78, 5) is 37.7. The second-order valence-corrected chi connectivity index (χ2v) is 13.9. The Labute approximate surface area is 241 Å². The summed E-state index contributed by atoms with van der Waals surface area (Å²) in [6, 6.07) is 3.32. The molecule has 0 spiro atoms. The first-order valence-corrected chi connectivity index (χ1v) is 15.4. The molecular weight excluding hydrogens is 526 g/mol. The normalized spacial score (nSPS) is 42.4. The lowest BCUT2D eigenvalue weighted by Crippen LogP contribution is -2.67. The van der Waals surface area contributed by atoms with Gasteiger partial charge in [-0.15, -0.1) is 0 Å². The van der Waals surface area contributed by atoms with Crippen molar-refractivity contribution >= 4 is 12.0 Å². The SMILES string of the molecule is C[C@]12CC[C@H](OC(=O)NCCN3CCNC(=O)C3)C[C@@]1(O)CC[C@@H]1[C@@H]2CC[C@]2(C)[C@@H](c3ccc(=O)oc3)CC[C@]12O. The van der Waals surface area contributed by atoms with Crippen LogP contribution < -0.4 is 16.3 Å². The third kappa shape index (κ3) is 4.70. The zero-order chi connectivity index (χ0) is 29.0. The van der Waals surface area contributed by atoms with E-state index in [2.05, 4.69) is 24.5 Å². The topological polar surface area (TPSA) is 141 Å². The molecular formula is C31H45N3O7.